The zero-order valence-corrected chi connectivity index (χ0v) is 11.9. The summed E-state index contributed by atoms with van der Waals surface area (Å²) in [7, 11) is 0. The Balaban J connectivity index is 2.04. The number of hydrogen-bond donors (Lipinski definition) is 1. The summed E-state index contributed by atoms with van der Waals surface area (Å²) in [6.07, 6.45) is -0.610. The highest BCUT2D eigenvalue weighted by atomic mass is 16.5. The second-order valence-corrected chi connectivity index (χ2v) is 4.54. The van der Waals surface area contributed by atoms with Gasteiger partial charge in [-0.2, -0.15) is 0 Å². The van der Waals surface area contributed by atoms with Crippen LogP contribution in [0.25, 0.3) is 0 Å². The molecule has 4 heteroatoms. The van der Waals surface area contributed by atoms with Crippen LogP contribution in [-0.2, 0) is 11.2 Å². The summed E-state index contributed by atoms with van der Waals surface area (Å²) < 4.78 is 10.9. The summed E-state index contributed by atoms with van der Waals surface area (Å²) in [6.45, 7) is 2.52. The second-order valence-electron chi connectivity index (χ2n) is 4.54. The third kappa shape index (κ3) is 4.53. The van der Waals surface area contributed by atoms with Crippen LogP contribution in [-0.4, -0.2) is 23.8 Å². The van der Waals surface area contributed by atoms with Gasteiger partial charge in [0.25, 0.3) is 0 Å². The number of ether oxygens (including phenoxy) is 2. The van der Waals surface area contributed by atoms with Crippen LogP contribution in [0.2, 0.25) is 0 Å². The Morgan fingerprint density at radius 1 is 1.05 bits per heavy atom. The van der Waals surface area contributed by atoms with Gasteiger partial charge in [0.1, 0.15) is 11.5 Å². The fourth-order valence-electron chi connectivity index (χ4n) is 1.95. The lowest BCUT2D eigenvalue weighted by Gasteiger charge is -2.15. The molecule has 1 N–H and O–H groups in total. The molecule has 4 nitrogen and oxygen atoms in total. The van der Waals surface area contributed by atoms with Crippen molar-refractivity contribution in [2.24, 2.45) is 0 Å². The zero-order chi connectivity index (χ0) is 15.1. The predicted octanol–water partition coefficient (Wildman–Crippen LogP) is 3.16. The van der Waals surface area contributed by atoms with E-state index in [4.69, 9.17) is 9.47 Å². The van der Waals surface area contributed by atoms with E-state index in [1.165, 1.54) is 0 Å². The fourth-order valence-corrected chi connectivity index (χ4v) is 1.95. The monoisotopic (exact) mass is 286 g/mol. The summed E-state index contributed by atoms with van der Waals surface area (Å²) >= 11 is 0. The summed E-state index contributed by atoms with van der Waals surface area (Å²) in [5.74, 6) is 0.348. The number of hydrogen-bond acceptors (Lipinski definition) is 3. The molecule has 0 heterocycles. The van der Waals surface area contributed by atoms with Crippen LogP contribution in [0.3, 0.4) is 0 Å². The smallest absolute Gasteiger partial charge is 0.345 e. The molecule has 0 amide bonds. The molecule has 1 atom stereocenters. The Labute approximate surface area is 123 Å². The van der Waals surface area contributed by atoms with Crippen LogP contribution in [0.5, 0.6) is 11.5 Å². The van der Waals surface area contributed by atoms with Crippen molar-refractivity contribution in [1.82, 2.24) is 0 Å². The highest BCUT2D eigenvalue weighted by Gasteiger charge is 2.20. The molecule has 2 aromatic carbocycles. The third-order valence-electron chi connectivity index (χ3n) is 2.95. The standard InChI is InChI=1S/C17H18O4/c1-2-20-14-10-8-13(9-11-14)12-16(17(18)19)21-15-6-4-3-5-7-15/h3-11,16H,2,12H2,1H3,(H,18,19)/t16-/m0/s1. The first-order valence-corrected chi connectivity index (χ1v) is 6.85. The van der Waals surface area contributed by atoms with Gasteiger partial charge in [-0.1, -0.05) is 30.3 Å². The topological polar surface area (TPSA) is 55.8 Å². The van der Waals surface area contributed by atoms with Crippen LogP contribution in [0.1, 0.15) is 12.5 Å². The number of rotatable bonds is 7. The number of benzene rings is 2. The maximum absolute atomic E-state index is 11.3. The molecule has 0 radical (unpaired) electrons. The van der Waals surface area contributed by atoms with Crippen molar-refractivity contribution < 1.29 is 19.4 Å². The Morgan fingerprint density at radius 2 is 1.71 bits per heavy atom. The van der Waals surface area contributed by atoms with Gasteiger partial charge in [-0.25, -0.2) is 4.79 Å². The van der Waals surface area contributed by atoms with E-state index in [9.17, 15) is 9.90 Å². The van der Waals surface area contributed by atoms with Gasteiger partial charge in [0.05, 0.1) is 6.61 Å². The van der Waals surface area contributed by atoms with Gasteiger partial charge in [0.15, 0.2) is 6.10 Å². The van der Waals surface area contributed by atoms with Crippen molar-refractivity contribution in [1.29, 1.82) is 0 Å². The van der Waals surface area contributed by atoms with Crippen molar-refractivity contribution in [3.05, 3.63) is 60.2 Å². The van der Waals surface area contributed by atoms with Crippen LogP contribution in [0.4, 0.5) is 0 Å². The largest absolute Gasteiger partial charge is 0.494 e. The SMILES string of the molecule is CCOc1ccc(C[C@H](Oc2ccccc2)C(=O)O)cc1. The lowest BCUT2D eigenvalue weighted by Crippen LogP contribution is -2.29. The Bertz CT molecular complexity index is 563. The number of para-hydroxylation sites is 1. The number of carboxylic acids is 1. The van der Waals surface area contributed by atoms with E-state index < -0.39 is 12.1 Å². The number of carbonyl (C=O) groups is 1. The van der Waals surface area contributed by atoms with Gasteiger partial charge in [-0.05, 0) is 36.8 Å². The average Bonchev–Trinajstić information content (AvgIpc) is 2.50. The third-order valence-corrected chi connectivity index (χ3v) is 2.95. The molecule has 2 rings (SSSR count). The maximum atomic E-state index is 11.3. The minimum absolute atomic E-state index is 0.302. The molecule has 0 unspecified atom stereocenters. The van der Waals surface area contributed by atoms with Crippen LogP contribution in [0.15, 0.2) is 54.6 Å². The molecule has 2 aromatic rings. The molecule has 0 aromatic heterocycles. The number of carboxylic acid groups (broad SMARTS) is 1. The van der Waals surface area contributed by atoms with Crippen molar-refractivity contribution in [2.45, 2.75) is 19.4 Å². The average molecular weight is 286 g/mol. The molecule has 0 aliphatic rings. The van der Waals surface area contributed by atoms with E-state index in [1.54, 1.807) is 12.1 Å². The normalized spacial score (nSPS) is 11.7. The van der Waals surface area contributed by atoms with Gasteiger partial charge in [0.2, 0.25) is 0 Å². The molecule has 0 saturated heterocycles. The summed E-state index contributed by atoms with van der Waals surface area (Å²) in [5.41, 5.74) is 0.891. The summed E-state index contributed by atoms with van der Waals surface area (Å²) in [5, 5.41) is 9.29. The predicted molar refractivity (Wildman–Crippen MR) is 79.8 cm³/mol. The molecular weight excluding hydrogens is 268 g/mol. The molecule has 0 fully saturated rings. The van der Waals surface area contributed by atoms with Crippen LogP contribution < -0.4 is 9.47 Å². The molecule has 0 bridgehead atoms. The molecular formula is C17H18O4. The van der Waals surface area contributed by atoms with Gasteiger partial charge in [-0.3, -0.25) is 0 Å². The molecule has 21 heavy (non-hydrogen) atoms. The minimum Gasteiger partial charge on any atom is -0.494 e. The molecule has 0 aliphatic carbocycles. The van der Waals surface area contributed by atoms with Crippen LogP contribution in [0, 0.1) is 0 Å². The van der Waals surface area contributed by atoms with Crippen LogP contribution >= 0.6 is 0 Å². The first-order valence-electron chi connectivity index (χ1n) is 6.85. The second kappa shape index (κ2) is 7.33. The molecule has 0 spiro atoms. The van der Waals surface area contributed by atoms with Crippen molar-refractivity contribution in [3.63, 3.8) is 0 Å². The molecule has 0 aliphatic heterocycles. The maximum Gasteiger partial charge on any atom is 0.345 e. The van der Waals surface area contributed by atoms with E-state index in [-0.39, 0.29) is 0 Å². The lowest BCUT2D eigenvalue weighted by molar-refractivity contribution is -0.145. The van der Waals surface area contributed by atoms with Crippen molar-refractivity contribution in [2.75, 3.05) is 6.61 Å². The fraction of sp³-hybridized carbons (Fsp3) is 0.235. The van der Waals surface area contributed by atoms with Crippen molar-refractivity contribution in [3.8, 4) is 11.5 Å². The number of aliphatic carboxylic acids is 1. The lowest BCUT2D eigenvalue weighted by atomic mass is 10.1. The zero-order valence-electron chi connectivity index (χ0n) is 11.9. The van der Waals surface area contributed by atoms with E-state index in [1.807, 2.05) is 49.4 Å². The first kappa shape index (κ1) is 14.9. The van der Waals surface area contributed by atoms with Crippen molar-refractivity contribution >= 4 is 5.97 Å². The highest BCUT2D eigenvalue weighted by molar-refractivity contribution is 5.73. The highest BCUT2D eigenvalue weighted by Crippen LogP contribution is 2.17. The molecule has 110 valence electrons. The Kier molecular flexibility index (Phi) is 5.21. The van der Waals surface area contributed by atoms with Gasteiger partial charge in [0, 0.05) is 6.42 Å². The molecule has 0 saturated carbocycles. The van der Waals surface area contributed by atoms with E-state index in [2.05, 4.69) is 0 Å². The van der Waals surface area contributed by atoms with E-state index in [0.29, 0.717) is 18.8 Å². The Morgan fingerprint density at radius 3 is 2.29 bits per heavy atom. The minimum atomic E-state index is -0.979. The quantitative estimate of drug-likeness (QED) is 0.849. The van der Waals surface area contributed by atoms with E-state index in [0.717, 1.165) is 11.3 Å². The van der Waals surface area contributed by atoms with Gasteiger partial charge in [-0.15, -0.1) is 0 Å². The first-order chi connectivity index (χ1) is 10.2. The van der Waals surface area contributed by atoms with Gasteiger partial charge >= 0.3 is 5.97 Å². The van der Waals surface area contributed by atoms with Gasteiger partial charge < -0.3 is 14.6 Å². The Hall–Kier alpha value is -2.49. The summed E-state index contributed by atoms with van der Waals surface area (Å²) in [6, 6.07) is 16.3. The summed E-state index contributed by atoms with van der Waals surface area (Å²) in [4.78, 5) is 11.3. The van der Waals surface area contributed by atoms with E-state index >= 15 is 0 Å².